The molecule has 0 aromatic carbocycles. The van der Waals surface area contributed by atoms with Crippen molar-refractivity contribution in [2.45, 2.75) is 6.43 Å². The smallest absolute Gasteiger partial charge is 0.337 e. The van der Waals surface area contributed by atoms with Crippen molar-refractivity contribution in [2.75, 3.05) is 0 Å². The maximum Gasteiger partial charge on any atom is 0.337 e. The fraction of sp³-hybridized carbons (Fsp3) is 0.143. The zero-order chi connectivity index (χ0) is 12.5. The number of nitrogens with two attached hydrogens (primary N) is 1. The molecule has 0 saturated heterocycles. The number of alkyl halides is 2. The van der Waals surface area contributed by atoms with Crippen LogP contribution in [0.25, 0.3) is 0 Å². The normalized spacial score (nSPS) is 10.4. The minimum Gasteiger partial charge on any atom is -0.365 e. The first-order valence-electron chi connectivity index (χ1n) is 3.84. The lowest BCUT2D eigenvalue weighted by atomic mass is 10.1. The van der Waals surface area contributed by atoms with Gasteiger partial charge in [0.1, 0.15) is 5.56 Å². The molecule has 0 saturated carbocycles. The van der Waals surface area contributed by atoms with E-state index in [0.717, 1.165) is 0 Å². The van der Waals surface area contributed by atoms with Gasteiger partial charge in [-0.25, -0.2) is 18.6 Å². The molecule has 0 bridgehead atoms. The van der Waals surface area contributed by atoms with E-state index in [1.807, 2.05) is 0 Å². The first kappa shape index (κ1) is 11.8. The van der Waals surface area contributed by atoms with Gasteiger partial charge in [0.15, 0.2) is 0 Å². The second kappa shape index (κ2) is 4.04. The molecule has 0 spiro atoms. The molecule has 1 heterocycles. The number of primary amides is 1. The predicted molar refractivity (Wildman–Crippen MR) is 47.2 cm³/mol. The molecule has 0 aliphatic heterocycles. The van der Waals surface area contributed by atoms with Gasteiger partial charge in [0, 0.05) is 11.6 Å². The molecule has 9 heteroatoms. The number of amides is 1. The molecular weight excluding hydrogens is 228 g/mol. The molecule has 1 aromatic rings. The number of carbonyl (C=O) groups is 1. The van der Waals surface area contributed by atoms with Crippen LogP contribution in [0.1, 0.15) is 22.3 Å². The Labute approximate surface area is 86.0 Å². The zero-order valence-electron chi connectivity index (χ0n) is 7.57. The molecule has 0 unspecified atom stereocenters. The Balaban J connectivity index is 3.67. The molecule has 3 N–H and O–H groups in total. The maximum atomic E-state index is 12.4. The lowest BCUT2D eigenvalue weighted by molar-refractivity contribution is -0.390. The third-order valence-corrected chi connectivity index (χ3v) is 1.72. The van der Waals surface area contributed by atoms with Gasteiger partial charge in [-0.15, -0.1) is 0 Å². The minimum absolute atomic E-state index is 0.401. The average Bonchev–Trinajstić information content (AvgIpc) is 2.15. The summed E-state index contributed by atoms with van der Waals surface area (Å²) >= 11 is 0. The van der Waals surface area contributed by atoms with Crippen molar-refractivity contribution in [3.8, 4) is 0 Å². The number of H-pyrrole nitrogens is 1. The third kappa shape index (κ3) is 2.02. The number of hydrogen-bond donors (Lipinski definition) is 2. The van der Waals surface area contributed by atoms with E-state index in [9.17, 15) is 28.5 Å². The van der Waals surface area contributed by atoms with E-state index < -0.39 is 39.8 Å². The molecule has 1 aromatic heterocycles. The van der Waals surface area contributed by atoms with Crippen LogP contribution in [0.2, 0.25) is 0 Å². The number of nitrogens with zero attached hydrogens (tertiary/aromatic N) is 1. The Morgan fingerprint density at radius 2 is 2.12 bits per heavy atom. The molecule has 0 aliphatic rings. The van der Waals surface area contributed by atoms with Crippen molar-refractivity contribution < 1.29 is 18.5 Å². The second-order valence-corrected chi connectivity index (χ2v) is 2.73. The largest absolute Gasteiger partial charge is 0.365 e. The molecule has 1 amide bonds. The van der Waals surface area contributed by atoms with E-state index in [-0.39, 0.29) is 0 Å². The summed E-state index contributed by atoms with van der Waals surface area (Å²) in [5, 5.41) is 10.4. The van der Waals surface area contributed by atoms with Gasteiger partial charge in [-0.1, -0.05) is 0 Å². The quantitative estimate of drug-likeness (QED) is 0.576. The SMILES string of the molecule is NC(=O)c1c(C(F)F)cc(=O)[nH]c1[N+](=O)[O-]. The Morgan fingerprint density at radius 3 is 2.50 bits per heavy atom. The average molecular weight is 233 g/mol. The molecule has 0 atom stereocenters. The highest BCUT2D eigenvalue weighted by atomic mass is 19.3. The Morgan fingerprint density at radius 1 is 1.56 bits per heavy atom. The second-order valence-electron chi connectivity index (χ2n) is 2.73. The molecular formula is C7H5F2N3O4. The molecule has 1 rings (SSSR count). The summed E-state index contributed by atoms with van der Waals surface area (Å²) in [6.45, 7) is 0. The van der Waals surface area contributed by atoms with E-state index in [4.69, 9.17) is 5.73 Å². The number of nitrogens with one attached hydrogen (secondary N) is 1. The number of carbonyl (C=O) groups excluding carboxylic acids is 1. The van der Waals surface area contributed by atoms with E-state index in [1.165, 1.54) is 0 Å². The van der Waals surface area contributed by atoms with E-state index in [2.05, 4.69) is 0 Å². The van der Waals surface area contributed by atoms with Crippen LogP contribution in [0.5, 0.6) is 0 Å². The van der Waals surface area contributed by atoms with Gasteiger partial charge in [-0.3, -0.25) is 4.79 Å². The number of aromatic nitrogens is 1. The van der Waals surface area contributed by atoms with Crippen LogP contribution in [0.15, 0.2) is 10.9 Å². The number of pyridine rings is 1. The van der Waals surface area contributed by atoms with Gasteiger partial charge in [0.05, 0.1) is 0 Å². The summed E-state index contributed by atoms with van der Waals surface area (Å²) in [5.41, 5.74) is 1.60. The first-order chi connectivity index (χ1) is 7.34. The van der Waals surface area contributed by atoms with Crippen LogP contribution in [-0.2, 0) is 0 Å². The van der Waals surface area contributed by atoms with Crippen molar-refractivity contribution in [3.63, 3.8) is 0 Å². The maximum absolute atomic E-state index is 12.4. The molecule has 7 nitrogen and oxygen atoms in total. The Kier molecular flexibility index (Phi) is 2.97. The van der Waals surface area contributed by atoms with Crippen LogP contribution in [0.3, 0.4) is 0 Å². The number of nitro groups is 1. The van der Waals surface area contributed by atoms with Crippen LogP contribution < -0.4 is 11.3 Å². The highest BCUT2D eigenvalue weighted by Gasteiger charge is 2.27. The van der Waals surface area contributed by atoms with Crippen LogP contribution in [0.4, 0.5) is 14.6 Å². The number of hydrogen-bond acceptors (Lipinski definition) is 4. The monoisotopic (exact) mass is 233 g/mol. The zero-order valence-corrected chi connectivity index (χ0v) is 7.57. The molecule has 0 radical (unpaired) electrons. The van der Waals surface area contributed by atoms with Gasteiger partial charge >= 0.3 is 11.4 Å². The van der Waals surface area contributed by atoms with Crippen molar-refractivity contribution >= 4 is 11.7 Å². The van der Waals surface area contributed by atoms with Gasteiger partial charge in [-0.2, -0.15) is 0 Å². The van der Waals surface area contributed by atoms with Crippen molar-refractivity contribution in [3.05, 3.63) is 37.7 Å². The van der Waals surface area contributed by atoms with Gasteiger partial charge < -0.3 is 15.8 Å². The highest BCUT2D eigenvalue weighted by Crippen LogP contribution is 2.26. The lowest BCUT2D eigenvalue weighted by Gasteiger charge is -2.05. The number of halogens is 2. The van der Waals surface area contributed by atoms with E-state index in [1.54, 1.807) is 4.98 Å². The predicted octanol–water partition coefficient (Wildman–Crippen LogP) is 0.320. The van der Waals surface area contributed by atoms with Gasteiger partial charge in [0.25, 0.3) is 12.3 Å². The van der Waals surface area contributed by atoms with Gasteiger partial charge in [0.2, 0.25) is 0 Å². The highest BCUT2D eigenvalue weighted by molar-refractivity contribution is 5.97. The summed E-state index contributed by atoms with van der Waals surface area (Å²) in [7, 11) is 0. The van der Waals surface area contributed by atoms with Crippen molar-refractivity contribution in [2.24, 2.45) is 5.73 Å². The van der Waals surface area contributed by atoms with Crippen LogP contribution >= 0.6 is 0 Å². The molecule has 16 heavy (non-hydrogen) atoms. The molecule has 86 valence electrons. The van der Waals surface area contributed by atoms with Crippen molar-refractivity contribution in [1.29, 1.82) is 0 Å². The minimum atomic E-state index is -3.21. The Bertz CT molecular complexity index is 511. The number of aromatic amines is 1. The fourth-order valence-electron chi connectivity index (χ4n) is 1.13. The van der Waals surface area contributed by atoms with Crippen molar-refractivity contribution in [1.82, 2.24) is 4.98 Å². The summed E-state index contributed by atoms with van der Waals surface area (Å²) < 4.78 is 24.9. The number of rotatable bonds is 3. The standard InChI is InChI=1S/C7H5F2N3O4/c8-5(9)2-1-3(13)11-7(12(15)16)4(2)6(10)14/h1,5H,(H2,10,14)(H,11,13). The third-order valence-electron chi connectivity index (χ3n) is 1.72. The summed E-state index contributed by atoms with van der Waals surface area (Å²) in [5.74, 6) is -2.53. The van der Waals surface area contributed by atoms with Crippen LogP contribution in [-0.4, -0.2) is 15.8 Å². The Hall–Kier alpha value is -2.32. The molecule has 0 aliphatic carbocycles. The summed E-state index contributed by atoms with van der Waals surface area (Å²) in [6, 6.07) is 0.401. The topological polar surface area (TPSA) is 119 Å². The summed E-state index contributed by atoms with van der Waals surface area (Å²) in [6.07, 6.45) is -3.21. The van der Waals surface area contributed by atoms with Crippen LogP contribution in [0, 0.1) is 10.1 Å². The molecule has 0 fully saturated rings. The lowest BCUT2D eigenvalue weighted by Crippen LogP contribution is -2.21. The summed E-state index contributed by atoms with van der Waals surface area (Å²) in [4.78, 5) is 32.6. The van der Waals surface area contributed by atoms with E-state index >= 15 is 0 Å². The van der Waals surface area contributed by atoms with Gasteiger partial charge in [-0.05, 0) is 4.92 Å². The first-order valence-corrected chi connectivity index (χ1v) is 3.84. The fourth-order valence-corrected chi connectivity index (χ4v) is 1.13. The van der Waals surface area contributed by atoms with E-state index in [0.29, 0.717) is 6.07 Å².